The molecule has 3 nitrogen and oxygen atoms in total. The first-order valence-electron chi connectivity index (χ1n) is 11.9. The van der Waals surface area contributed by atoms with Crippen LogP contribution in [0.2, 0.25) is 0 Å². The van der Waals surface area contributed by atoms with Gasteiger partial charge in [-0.15, -0.1) is 0 Å². The highest BCUT2D eigenvalue weighted by Gasteiger charge is 2.46. The maximum Gasteiger partial charge on any atom is 0.119 e. The van der Waals surface area contributed by atoms with Gasteiger partial charge in [-0.05, 0) is 74.9 Å². The van der Waals surface area contributed by atoms with Crippen LogP contribution in [0.5, 0.6) is 5.75 Å². The van der Waals surface area contributed by atoms with Crippen molar-refractivity contribution in [1.82, 2.24) is 4.90 Å². The lowest BCUT2D eigenvalue weighted by molar-refractivity contribution is -0.0690. The third kappa shape index (κ3) is 4.58. The molecule has 2 fully saturated rings. The standard InChI is InChI=1S/C27H37NO2/c1-2-30-25-17-15-24(16-18-25)27(29,23-13-7-4-8-14-23)26(21-28-19-9-10-20-28)22-11-5-3-6-12-22/h3,5-6,11-12,15-18,23,26,29H,2,4,7-10,13-14,19-21H2,1H3/t26-,27-/m0/s1. The first kappa shape index (κ1) is 21.4. The highest BCUT2D eigenvalue weighted by atomic mass is 16.5. The number of benzene rings is 2. The average molecular weight is 408 g/mol. The zero-order valence-corrected chi connectivity index (χ0v) is 18.4. The Hall–Kier alpha value is -1.84. The monoisotopic (exact) mass is 407 g/mol. The fourth-order valence-corrected chi connectivity index (χ4v) is 5.66. The van der Waals surface area contributed by atoms with E-state index in [4.69, 9.17) is 4.74 Å². The van der Waals surface area contributed by atoms with Gasteiger partial charge in [0.25, 0.3) is 0 Å². The summed E-state index contributed by atoms with van der Waals surface area (Å²) in [5, 5.41) is 12.6. The first-order chi connectivity index (χ1) is 14.7. The second-order valence-electron chi connectivity index (χ2n) is 9.09. The van der Waals surface area contributed by atoms with E-state index in [1.54, 1.807) is 0 Å². The molecule has 0 unspecified atom stereocenters. The van der Waals surface area contributed by atoms with Gasteiger partial charge in [0, 0.05) is 12.5 Å². The normalized spacial score (nSPS) is 21.3. The lowest BCUT2D eigenvalue weighted by Crippen LogP contribution is -2.46. The van der Waals surface area contributed by atoms with Crippen LogP contribution in [0.15, 0.2) is 54.6 Å². The minimum absolute atomic E-state index is 0.0674. The molecule has 0 bridgehead atoms. The van der Waals surface area contributed by atoms with Crippen LogP contribution < -0.4 is 4.74 Å². The van der Waals surface area contributed by atoms with Crippen molar-refractivity contribution in [3.8, 4) is 5.75 Å². The summed E-state index contributed by atoms with van der Waals surface area (Å²) in [5.41, 5.74) is 1.44. The maximum atomic E-state index is 12.6. The minimum Gasteiger partial charge on any atom is -0.494 e. The molecule has 2 aliphatic rings. The molecule has 1 N–H and O–H groups in total. The third-order valence-corrected chi connectivity index (χ3v) is 7.23. The molecule has 4 rings (SSSR count). The molecule has 2 atom stereocenters. The quantitative estimate of drug-likeness (QED) is 0.606. The van der Waals surface area contributed by atoms with Crippen LogP contribution >= 0.6 is 0 Å². The average Bonchev–Trinajstić information content (AvgIpc) is 3.32. The van der Waals surface area contributed by atoms with E-state index >= 15 is 0 Å². The number of ether oxygens (including phenoxy) is 1. The molecule has 0 radical (unpaired) electrons. The van der Waals surface area contributed by atoms with Crippen molar-refractivity contribution >= 4 is 0 Å². The molecule has 1 saturated heterocycles. The molecule has 30 heavy (non-hydrogen) atoms. The van der Waals surface area contributed by atoms with Gasteiger partial charge in [0.05, 0.1) is 6.61 Å². The second-order valence-corrected chi connectivity index (χ2v) is 9.09. The van der Waals surface area contributed by atoms with E-state index in [-0.39, 0.29) is 11.8 Å². The molecule has 2 aromatic rings. The van der Waals surface area contributed by atoms with Crippen molar-refractivity contribution in [2.75, 3.05) is 26.2 Å². The van der Waals surface area contributed by atoms with Gasteiger partial charge < -0.3 is 14.7 Å². The molecular formula is C27H37NO2. The molecule has 1 saturated carbocycles. The topological polar surface area (TPSA) is 32.7 Å². The van der Waals surface area contributed by atoms with Crippen molar-refractivity contribution in [1.29, 1.82) is 0 Å². The van der Waals surface area contributed by atoms with Crippen LogP contribution in [-0.4, -0.2) is 36.2 Å². The molecule has 0 amide bonds. The Morgan fingerprint density at radius 1 is 0.933 bits per heavy atom. The van der Waals surface area contributed by atoms with E-state index in [2.05, 4.69) is 47.4 Å². The smallest absolute Gasteiger partial charge is 0.119 e. The molecule has 0 spiro atoms. The van der Waals surface area contributed by atoms with E-state index in [9.17, 15) is 5.11 Å². The number of aliphatic hydroxyl groups is 1. The van der Waals surface area contributed by atoms with Crippen molar-refractivity contribution in [2.24, 2.45) is 5.92 Å². The minimum atomic E-state index is -0.866. The summed E-state index contributed by atoms with van der Waals surface area (Å²) < 4.78 is 5.68. The van der Waals surface area contributed by atoms with Crippen LogP contribution in [-0.2, 0) is 5.60 Å². The van der Waals surface area contributed by atoms with Crippen molar-refractivity contribution < 1.29 is 9.84 Å². The summed E-state index contributed by atoms with van der Waals surface area (Å²) in [4.78, 5) is 2.56. The predicted molar refractivity (Wildman–Crippen MR) is 123 cm³/mol. The van der Waals surface area contributed by atoms with E-state index in [1.807, 2.05) is 19.1 Å². The fourth-order valence-electron chi connectivity index (χ4n) is 5.66. The second kappa shape index (κ2) is 9.98. The molecule has 1 heterocycles. The van der Waals surface area contributed by atoms with Crippen molar-refractivity contribution in [2.45, 2.75) is 63.4 Å². The Bertz CT molecular complexity index is 763. The molecule has 1 aliphatic heterocycles. The van der Waals surface area contributed by atoms with Gasteiger partial charge in [0.1, 0.15) is 11.4 Å². The Morgan fingerprint density at radius 3 is 2.23 bits per heavy atom. The lowest BCUT2D eigenvalue weighted by atomic mass is 9.65. The maximum absolute atomic E-state index is 12.6. The highest BCUT2D eigenvalue weighted by Crippen LogP contribution is 2.49. The van der Waals surface area contributed by atoms with Crippen LogP contribution in [0, 0.1) is 5.92 Å². The van der Waals surface area contributed by atoms with Crippen molar-refractivity contribution in [3.05, 3.63) is 65.7 Å². The molecule has 3 heteroatoms. The zero-order valence-electron chi connectivity index (χ0n) is 18.4. The Kier molecular flexibility index (Phi) is 7.12. The Morgan fingerprint density at radius 2 is 1.60 bits per heavy atom. The Labute approximate surface area is 182 Å². The summed E-state index contributed by atoms with van der Waals surface area (Å²) in [6.45, 7) is 5.88. The van der Waals surface area contributed by atoms with Crippen LogP contribution in [0.3, 0.4) is 0 Å². The lowest BCUT2D eigenvalue weighted by Gasteiger charge is -2.46. The number of likely N-dealkylation sites (tertiary alicyclic amines) is 1. The number of nitrogens with zero attached hydrogens (tertiary/aromatic N) is 1. The van der Waals surface area contributed by atoms with E-state index in [0.29, 0.717) is 6.61 Å². The van der Waals surface area contributed by atoms with E-state index in [0.717, 1.165) is 43.8 Å². The van der Waals surface area contributed by atoms with Crippen LogP contribution in [0.4, 0.5) is 0 Å². The largest absolute Gasteiger partial charge is 0.494 e. The number of hydrogen-bond donors (Lipinski definition) is 1. The summed E-state index contributed by atoms with van der Waals surface area (Å²) in [7, 11) is 0. The first-order valence-corrected chi connectivity index (χ1v) is 11.9. The third-order valence-electron chi connectivity index (χ3n) is 7.23. The SMILES string of the molecule is CCOc1ccc([C@@](O)(C2CCCCC2)[C@@H](CN2CCCC2)c2ccccc2)cc1. The Balaban J connectivity index is 1.75. The molecular weight excluding hydrogens is 370 g/mol. The number of hydrogen-bond acceptors (Lipinski definition) is 3. The summed E-state index contributed by atoms with van der Waals surface area (Å²) in [6, 6.07) is 19.0. The number of rotatable bonds is 8. The summed E-state index contributed by atoms with van der Waals surface area (Å²) >= 11 is 0. The van der Waals surface area contributed by atoms with E-state index in [1.165, 1.54) is 37.7 Å². The summed E-state index contributed by atoms with van der Waals surface area (Å²) in [5.74, 6) is 1.23. The van der Waals surface area contributed by atoms with Crippen LogP contribution in [0.25, 0.3) is 0 Å². The van der Waals surface area contributed by atoms with Gasteiger partial charge in [-0.25, -0.2) is 0 Å². The highest BCUT2D eigenvalue weighted by molar-refractivity contribution is 5.36. The van der Waals surface area contributed by atoms with Crippen LogP contribution in [0.1, 0.15) is 68.9 Å². The van der Waals surface area contributed by atoms with Crippen molar-refractivity contribution in [3.63, 3.8) is 0 Å². The molecule has 162 valence electrons. The summed E-state index contributed by atoms with van der Waals surface area (Å²) in [6.07, 6.45) is 8.47. The fraction of sp³-hybridized carbons (Fsp3) is 0.556. The molecule has 2 aromatic carbocycles. The zero-order chi connectivity index (χ0) is 20.8. The van der Waals surface area contributed by atoms with Gasteiger partial charge in [-0.2, -0.15) is 0 Å². The molecule has 1 aliphatic carbocycles. The van der Waals surface area contributed by atoms with Gasteiger partial charge in [0.2, 0.25) is 0 Å². The van der Waals surface area contributed by atoms with Gasteiger partial charge in [0.15, 0.2) is 0 Å². The molecule has 0 aromatic heterocycles. The van der Waals surface area contributed by atoms with Gasteiger partial charge in [-0.3, -0.25) is 0 Å². The van der Waals surface area contributed by atoms with E-state index < -0.39 is 5.60 Å². The van der Waals surface area contributed by atoms with Gasteiger partial charge >= 0.3 is 0 Å². The predicted octanol–water partition coefficient (Wildman–Crippen LogP) is 5.73. The van der Waals surface area contributed by atoms with Gasteiger partial charge in [-0.1, -0.05) is 61.7 Å².